The van der Waals surface area contributed by atoms with Gasteiger partial charge in [0.15, 0.2) is 0 Å². The van der Waals surface area contributed by atoms with E-state index in [0.29, 0.717) is 6.42 Å². The summed E-state index contributed by atoms with van der Waals surface area (Å²) in [5.41, 5.74) is 0. The molecule has 0 saturated carbocycles. The van der Waals surface area contributed by atoms with Crippen molar-refractivity contribution >= 4 is 0 Å². The predicted molar refractivity (Wildman–Crippen MR) is 39.4 cm³/mol. The minimum atomic E-state index is 0.108. The van der Waals surface area contributed by atoms with Crippen LogP contribution in [0.15, 0.2) is 12.3 Å². The third-order valence-electron chi connectivity index (χ3n) is 0.401. The maximum absolute atomic E-state index is 8.04. The molecule has 2 N–H and O–H groups in total. The van der Waals surface area contributed by atoms with Crippen LogP contribution in [-0.4, -0.2) is 16.8 Å². The van der Waals surface area contributed by atoms with Crippen LogP contribution in [0.1, 0.15) is 26.7 Å². The van der Waals surface area contributed by atoms with Gasteiger partial charge in [-0.3, -0.25) is 0 Å². The number of hydrogen-bond donors (Lipinski definition) is 2. The fourth-order valence-corrected chi connectivity index (χ4v) is 0.149. The Morgan fingerprint density at radius 1 is 1.33 bits per heavy atom. The van der Waals surface area contributed by atoms with Crippen molar-refractivity contribution in [2.45, 2.75) is 26.7 Å². The van der Waals surface area contributed by atoms with Crippen LogP contribution in [0.3, 0.4) is 0 Å². The molecule has 0 amide bonds. The van der Waals surface area contributed by atoms with E-state index >= 15 is 0 Å². The first kappa shape index (κ1) is 11.3. The van der Waals surface area contributed by atoms with Gasteiger partial charge in [0.2, 0.25) is 0 Å². The van der Waals surface area contributed by atoms with Gasteiger partial charge in [0, 0.05) is 6.61 Å². The zero-order valence-electron chi connectivity index (χ0n) is 6.17. The van der Waals surface area contributed by atoms with Crippen LogP contribution in [-0.2, 0) is 0 Å². The van der Waals surface area contributed by atoms with Gasteiger partial charge in [-0.1, -0.05) is 20.3 Å². The van der Waals surface area contributed by atoms with Crippen molar-refractivity contribution in [3.05, 3.63) is 12.3 Å². The van der Waals surface area contributed by atoms with Gasteiger partial charge >= 0.3 is 0 Å². The fraction of sp³-hybridized carbons (Fsp3) is 0.714. The molecule has 0 spiro atoms. The van der Waals surface area contributed by atoms with Gasteiger partial charge in [-0.2, -0.15) is 0 Å². The summed E-state index contributed by atoms with van der Waals surface area (Å²) < 4.78 is 0. The molecule has 2 nitrogen and oxygen atoms in total. The zero-order valence-corrected chi connectivity index (χ0v) is 6.17. The maximum Gasteiger partial charge on any atom is 0.0752 e. The van der Waals surface area contributed by atoms with Crippen LogP contribution in [0.2, 0.25) is 0 Å². The Labute approximate surface area is 56.8 Å². The number of rotatable bonds is 2. The Bertz CT molecular complexity index is 50.9. The molecule has 56 valence electrons. The molecule has 0 aromatic rings. The van der Waals surface area contributed by atoms with Gasteiger partial charge in [0.05, 0.1) is 6.26 Å². The van der Waals surface area contributed by atoms with Gasteiger partial charge < -0.3 is 10.2 Å². The Morgan fingerprint density at radius 2 is 1.78 bits per heavy atom. The molecule has 0 fully saturated rings. The van der Waals surface area contributed by atoms with Crippen molar-refractivity contribution < 1.29 is 10.2 Å². The lowest BCUT2D eigenvalue weighted by molar-refractivity contribution is 0.301. The Balaban J connectivity index is 0. The Kier molecular flexibility index (Phi) is 19.7. The summed E-state index contributed by atoms with van der Waals surface area (Å²) in [5, 5.41) is 15.9. The van der Waals surface area contributed by atoms with E-state index in [1.54, 1.807) is 0 Å². The summed E-state index contributed by atoms with van der Waals surface area (Å²) in [5.74, 6) is 0. The summed E-state index contributed by atoms with van der Waals surface area (Å²) in [7, 11) is 0. The van der Waals surface area contributed by atoms with E-state index in [9.17, 15) is 0 Å². The molecular formula is C7H16O2. The summed E-state index contributed by atoms with van der Waals surface area (Å²) in [6.45, 7) is 4.36. The molecule has 0 rings (SSSR count). The van der Waals surface area contributed by atoms with Crippen LogP contribution in [0.4, 0.5) is 0 Å². The zero-order chi connectivity index (χ0) is 7.54. The third-order valence-corrected chi connectivity index (χ3v) is 0.401. The standard InChI is InChI=1S/C4H8O2.C3H8/c5-3-1-2-4-6;1-3-2/h1,3,5-6H,2,4H2;3H2,1-2H3. The van der Waals surface area contributed by atoms with Gasteiger partial charge in [-0.05, 0) is 12.5 Å². The van der Waals surface area contributed by atoms with E-state index in [4.69, 9.17) is 10.2 Å². The summed E-state index contributed by atoms with van der Waals surface area (Å²) in [6, 6.07) is 0. The normalized spacial score (nSPS) is 8.78. The first-order valence-electron chi connectivity index (χ1n) is 3.23. The fourth-order valence-electron chi connectivity index (χ4n) is 0.149. The van der Waals surface area contributed by atoms with E-state index in [1.807, 2.05) is 0 Å². The van der Waals surface area contributed by atoms with Gasteiger partial charge in [-0.25, -0.2) is 0 Å². The average Bonchev–Trinajstić information content (AvgIpc) is 1.86. The highest BCUT2D eigenvalue weighted by Crippen LogP contribution is 1.74. The van der Waals surface area contributed by atoms with Crippen molar-refractivity contribution in [3.8, 4) is 0 Å². The molecule has 0 radical (unpaired) electrons. The number of hydrogen-bond acceptors (Lipinski definition) is 2. The minimum absolute atomic E-state index is 0.108. The average molecular weight is 132 g/mol. The molecule has 0 bridgehead atoms. The lowest BCUT2D eigenvalue weighted by Gasteiger charge is -1.76. The monoisotopic (exact) mass is 132 g/mol. The molecule has 0 aliphatic heterocycles. The smallest absolute Gasteiger partial charge is 0.0752 e. The molecule has 0 heterocycles. The van der Waals surface area contributed by atoms with Crippen LogP contribution >= 0.6 is 0 Å². The van der Waals surface area contributed by atoms with Crippen molar-refractivity contribution in [2.75, 3.05) is 6.61 Å². The van der Waals surface area contributed by atoms with Crippen LogP contribution in [0, 0.1) is 0 Å². The van der Waals surface area contributed by atoms with Crippen molar-refractivity contribution in [2.24, 2.45) is 0 Å². The van der Waals surface area contributed by atoms with Crippen molar-refractivity contribution in [1.29, 1.82) is 0 Å². The van der Waals surface area contributed by atoms with E-state index in [-0.39, 0.29) is 6.61 Å². The van der Waals surface area contributed by atoms with Crippen LogP contribution in [0.5, 0.6) is 0 Å². The van der Waals surface area contributed by atoms with E-state index < -0.39 is 0 Å². The lowest BCUT2D eigenvalue weighted by atomic mass is 10.5. The predicted octanol–water partition coefficient (Wildman–Crippen LogP) is 1.86. The first-order chi connectivity index (χ1) is 4.33. The molecule has 0 aromatic carbocycles. The van der Waals surface area contributed by atoms with Crippen LogP contribution < -0.4 is 0 Å². The first-order valence-corrected chi connectivity index (χ1v) is 3.23. The van der Waals surface area contributed by atoms with Gasteiger partial charge in [-0.15, -0.1) is 0 Å². The minimum Gasteiger partial charge on any atom is -0.516 e. The quantitative estimate of drug-likeness (QED) is 0.563. The number of aliphatic hydroxyl groups is 2. The SMILES string of the molecule is CCC.OC=CCCO. The van der Waals surface area contributed by atoms with Gasteiger partial charge in [0.1, 0.15) is 0 Å². The second-order valence-corrected chi connectivity index (χ2v) is 1.60. The molecule has 0 saturated heterocycles. The second kappa shape index (κ2) is 15.6. The van der Waals surface area contributed by atoms with E-state index in [1.165, 1.54) is 12.5 Å². The summed E-state index contributed by atoms with van der Waals surface area (Å²) >= 11 is 0. The highest BCUT2D eigenvalue weighted by molar-refractivity contribution is 4.69. The molecule has 0 aliphatic carbocycles. The third kappa shape index (κ3) is 36.3. The summed E-state index contributed by atoms with van der Waals surface area (Å²) in [6.07, 6.45) is 4.20. The largest absolute Gasteiger partial charge is 0.516 e. The topological polar surface area (TPSA) is 40.5 Å². The highest BCUT2D eigenvalue weighted by Gasteiger charge is 1.67. The second-order valence-electron chi connectivity index (χ2n) is 1.60. The Hall–Kier alpha value is -0.500. The molecule has 9 heavy (non-hydrogen) atoms. The molecule has 0 unspecified atom stereocenters. The molecule has 0 aromatic heterocycles. The van der Waals surface area contributed by atoms with E-state index in [2.05, 4.69) is 13.8 Å². The highest BCUT2D eigenvalue weighted by atomic mass is 16.3. The molecular weight excluding hydrogens is 116 g/mol. The lowest BCUT2D eigenvalue weighted by Crippen LogP contribution is -1.73. The van der Waals surface area contributed by atoms with Crippen molar-refractivity contribution in [1.82, 2.24) is 0 Å². The maximum atomic E-state index is 8.04. The molecule has 0 aliphatic rings. The molecule has 0 atom stereocenters. The van der Waals surface area contributed by atoms with Gasteiger partial charge in [0.25, 0.3) is 0 Å². The Morgan fingerprint density at radius 3 is 1.89 bits per heavy atom. The van der Waals surface area contributed by atoms with Crippen molar-refractivity contribution in [3.63, 3.8) is 0 Å². The summed E-state index contributed by atoms with van der Waals surface area (Å²) in [4.78, 5) is 0. The van der Waals surface area contributed by atoms with Crippen LogP contribution in [0.25, 0.3) is 0 Å². The number of aliphatic hydroxyl groups excluding tert-OH is 2. The van der Waals surface area contributed by atoms with E-state index in [0.717, 1.165) is 6.26 Å². The molecule has 2 heteroatoms.